The van der Waals surface area contributed by atoms with Crippen LogP contribution < -0.4 is 16.8 Å². The summed E-state index contributed by atoms with van der Waals surface area (Å²) in [5.41, 5.74) is 11.2. The lowest BCUT2D eigenvalue weighted by Gasteiger charge is -2.23. The molecule has 6 nitrogen and oxygen atoms in total. The minimum absolute atomic E-state index is 0.171. The molecule has 2 heterocycles. The fraction of sp³-hybridized carbons (Fsp3) is 0.500. The van der Waals surface area contributed by atoms with Gasteiger partial charge in [0.15, 0.2) is 0 Å². The van der Waals surface area contributed by atoms with Gasteiger partial charge in [0.2, 0.25) is 0 Å². The molecule has 0 saturated carbocycles. The Bertz CT molecular complexity index is 455. The Kier molecular flexibility index (Phi) is 3.38. The number of carbonyl (C=O) groups is 1. The molecule has 98 valence electrons. The van der Waals surface area contributed by atoms with E-state index in [1.54, 1.807) is 6.07 Å². The van der Waals surface area contributed by atoms with Gasteiger partial charge in [0, 0.05) is 13.2 Å². The van der Waals surface area contributed by atoms with Crippen molar-refractivity contribution in [2.75, 3.05) is 24.2 Å². The predicted molar refractivity (Wildman–Crippen MR) is 69.2 cm³/mol. The lowest BCUT2D eigenvalue weighted by molar-refractivity contribution is 0.0315. The third-order valence-corrected chi connectivity index (χ3v) is 3.14. The summed E-state index contributed by atoms with van der Waals surface area (Å²) < 4.78 is 5.66. The second kappa shape index (κ2) is 4.81. The maximum atomic E-state index is 11.2. The Morgan fingerprint density at radius 3 is 3.06 bits per heavy atom. The van der Waals surface area contributed by atoms with E-state index in [2.05, 4.69) is 17.2 Å². The van der Waals surface area contributed by atoms with Crippen molar-refractivity contribution in [3.8, 4) is 0 Å². The summed E-state index contributed by atoms with van der Waals surface area (Å²) in [7, 11) is 0. The van der Waals surface area contributed by atoms with Crippen LogP contribution in [0.15, 0.2) is 12.3 Å². The number of nitrogen functional groups attached to an aromatic ring is 1. The molecule has 6 heteroatoms. The Morgan fingerprint density at radius 2 is 2.44 bits per heavy atom. The number of nitrogens with zero attached hydrogens (tertiary/aromatic N) is 1. The van der Waals surface area contributed by atoms with E-state index in [1.807, 2.05) is 0 Å². The molecular weight excluding hydrogens is 232 g/mol. The molecule has 0 spiro atoms. The van der Waals surface area contributed by atoms with Crippen molar-refractivity contribution in [1.82, 2.24) is 4.98 Å². The summed E-state index contributed by atoms with van der Waals surface area (Å²) in [6, 6.07) is 1.57. The molecule has 1 aliphatic rings. The second-order valence-electron chi connectivity index (χ2n) is 4.78. The standard InChI is InChI=1S/C12H18N4O2/c1-12(3-2-4-18-12)7-16-10-5-8(11(14)17)9(13)6-15-10/h5-6H,2-4,7,13H2,1H3,(H2,14,17)(H,15,16). The van der Waals surface area contributed by atoms with Gasteiger partial charge in [0.1, 0.15) is 5.82 Å². The third kappa shape index (κ3) is 2.70. The SMILES string of the molecule is CC1(CNc2cc(C(N)=O)c(N)cn2)CCCO1. The van der Waals surface area contributed by atoms with E-state index in [0.717, 1.165) is 19.4 Å². The minimum atomic E-state index is -0.554. The molecule has 1 unspecified atom stereocenters. The van der Waals surface area contributed by atoms with Crippen LogP contribution >= 0.6 is 0 Å². The lowest BCUT2D eigenvalue weighted by atomic mass is 10.0. The number of pyridine rings is 1. The number of aromatic nitrogens is 1. The van der Waals surface area contributed by atoms with Crippen LogP contribution in [0.1, 0.15) is 30.1 Å². The predicted octanol–water partition coefficient (Wildman–Crippen LogP) is 0.744. The van der Waals surface area contributed by atoms with E-state index in [1.165, 1.54) is 6.20 Å². The molecule has 1 atom stereocenters. The van der Waals surface area contributed by atoms with Crippen LogP contribution in [-0.4, -0.2) is 29.6 Å². The highest BCUT2D eigenvalue weighted by atomic mass is 16.5. The van der Waals surface area contributed by atoms with Crippen LogP contribution in [0.3, 0.4) is 0 Å². The van der Waals surface area contributed by atoms with Crippen molar-refractivity contribution in [2.45, 2.75) is 25.4 Å². The van der Waals surface area contributed by atoms with Crippen LogP contribution in [0.5, 0.6) is 0 Å². The molecule has 0 aromatic carbocycles. The largest absolute Gasteiger partial charge is 0.397 e. The monoisotopic (exact) mass is 250 g/mol. The molecule has 5 N–H and O–H groups in total. The maximum Gasteiger partial charge on any atom is 0.250 e. The Hall–Kier alpha value is -1.82. The number of amides is 1. The molecule has 0 radical (unpaired) electrons. The van der Waals surface area contributed by atoms with Crippen LogP contribution in [0.25, 0.3) is 0 Å². The van der Waals surface area contributed by atoms with Crippen molar-refractivity contribution in [3.05, 3.63) is 17.8 Å². The van der Waals surface area contributed by atoms with Gasteiger partial charge in [-0.1, -0.05) is 0 Å². The number of nitrogens with one attached hydrogen (secondary N) is 1. The summed E-state index contributed by atoms with van der Waals surface area (Å²) in [4.78, 5) is 15.3. The topological polar surface area (TPSA) is 103 Å². The Balaban J connectivity index is 2.05. The molecule has 0 aliphatic carbocycles. The number of anilines is 2. The Labute approximate surface area is 106 Å². The Morgan fingerprint density at radius 1 is 1.67 bits per heavy atom. The van der Waals surface area contributed by atoms with Crippen LogP contribution in [-0.2, 0) is 4.74 Å². The van der Waals surface area contributed by atoms with Crippen molar-refractivity contribution in [3.63, 3.8) is 0 Å². The molecule has 1 aromatic rings. The number of rotatable bonds is 4. The number of nitrogens with two attached hydrogens (primary N) is 2. The van der Waals surface area contributed by atoms with Gasteiger partial charge in [-0.3, -0.25) is 4.79 Å². The molecule has 1 fully saturated rings. The number of hydrogen-bond acceptors (Lipinski definition) is 5. The third-order valence-electron chi connectivity index (χ3n) is 3.14. The van der Waals surface area contributed by atoms with Crippen LogP contribution in [0, 0.1) is 0 Å². The molecule has 1 saturated heterocycles. The summed E-state index contributed by atoms with van der Waals surface area (Å²) >= 11 is 0. The highest BCUT2D eigenvalue weighted by Gasteiger charge is 2.29. The summed E-state index contributed by atoms with van der Waals surface area (Å²) in [5.74, 6) is 0.0241. The van der Waals surface area contributed by atoms with Gasteiger partial charge in [-0.2, -0.15) is 0 Å². The van der Waals surface area contributed by atoms with Gasteiger partial charge in [-0.25, -0.2) is 4.98 Å². The zero-order valence-electron chi connectivity index (χ0n) is 10.4. The van der Waals surface area contributed by atoms with Crippen LogP contribution in [0.2, 0.25) is 0 Å². The van der Waals surface area contributed by atoms with Gasteiger partial charge in [0.05, 0.1) is 23.0 Å². The van der Waals surface area contributed by atoms with Gasteiger partial charge >= 0.3 is 0 Å². The number of carbonyl (C=O) groups excluding carboxylic acids is 1. The fourth-order valence-electron chi connectivity index (χ4n) is 2.03. The molecule has 18 heavy (non-hydrogen) atoms. The highest BCUT2D eigenvalue weighted by Crippen LogP contribution is 2.25. The second-order valence-corrected chi connectivity index (χ2v) is 4.78. The average Bonchev–Trinajstić information content (AvgIpc) is 2.75. The van der Waals surface area contributed by atoms with Crippen molar-refractivity contribution in [2.24, 2.45) is 5.73 Å². The van der Waals surface area contributed by atoms with E-state index in [9.17, 15) is 4.79 Å². The zero-order valence-corrected chi connectivity index (χ0v) is 10.4. The summed E-state index contributed by atoms with van der Waals surface area (Å²) in [5, 5.41) is 3.15. The number of primary amides is 1. The molecule has 1 aromatic heterocycles. The van der Waals surface area contributed by atoms with E-state index >= 15 is 0 Å². The van der Waals surface area contributed by atoms with E-state index < -0.39 is 5.91 Å². The molecule has 1 amide bonds. The summed E-state index contributed by atoms with van der Waals surface area (Å²) in [6.07, 6.45) is 3.51. The first kappa shape index (κ1) is 12.6. The van der Waals surface area contributed by atoms with Gasteiger partial charge in [0.25, 0.3) is 5.91 Å². The zero-order chi connectivity index (χ0) is 13.2. The van der Waals surface area contributed by atoms with Gasteiger partial charge in [-0.15, -0.1) is 0 Å². The van der Waals surface area contributed by atoms with Gasteiger partial charge in [-0.05, 0) is 25.8 Å². The number of hydrogen-bond donors (Lipinski definition) is 3. The van der Waals surface area contributed by atoms with Crippen LogP contribution in [0.4, 0.5) is 11.5 Å². The first-order valence-corrected chi connectivity index (χ1v) is 5.93. The quantitative estimate of drug-likeness (QED) is 0.731. The molecular formula is C12H18N4O2. The minimum Gasteiger partial charge on any atom is -0.397 e. The molecule has 0 bridgehead atoms. The first-order chi connectivity index (χ1) is 8.50. The normalized spacial score (nSPS) is 22.9. The van der Waals surface area contributed by atoms with E-state index in [4.69, 9.17) is 16.2 Å². The molecule has 1 aliphatic heterocycles. The summed E-state index contributed by atoms with van der Waals surface area (Å²) in [6.45, 7) is 3.49. The van der Waals surface area contributed by atoms with E-state index in [-0.39, 0.29) is 16.9 Å². The smallest absolute Gasteiger partial charge is 0.250 e. The van der Waals surface area contributed by atoms with Crippen molar-refractivity contribution < 1.29 is 9.53 Å². The average molecular weight is 250 g/mol. The maximum absolute atomic E-state index is 11.2. The first-order valence-electron chi connectivity index (χ1n) is 5.93. The van der Waals surface area contributed by atoms with Crippen molar-refractivity contribution >= 4 is 17.4 Å². The molecule has 2 rings (SSSR count). The van der Waals surface area contributed by atoms with Gasteiger partial charge < -0.3 is 21.5 Å². The van der Waals surface area contributed by atoms with Crippen molar-refractivity contribution in [1.29, 1.82) is 0 Å². The lowest BCUT2D eigenvalue weighted by Crippen LogP contribution is -2.32. The highest BCUT2D eigenvalue weighted by molar-refractivity contribution is 5.98. The van der Waals surface area contributed by atoms with E-state index in [0.29, 0.717) is 12.4 Å². The number of ether oxygens (including phenoxy) is 1. The fourth-order valence-corrected chi connectivity index (χ4v) is 2.03.